The number of hydrogen-bond donors (Lipinski definition) is 1. The Morgan fingerprint density at radius 2 is 2.22 bits per heavy atom. The second kappa shape index (κ2) is 6.17. The number of piperidine rings is 1. The number of halogens is 1. The first-order valence-electron chi connectivity index (χ1n) is 6.37. The lowest BCUT2D eigenvalue weighted by molar-refractivity contribution is 0.0693. The molecule has 0 radical (unpaired) electrons. The largest absolute Gasteiger partial charge is 0.338 e. The highest BCUT2D eigenvalue weighted by Crippen LogP contribution is 2.29. The van der Waals surface area contributed by atoms with E-state index in [-0.39, 0.29) is 5.91 Å². The predicted molar refractivity (Wildman–Crippen MR) is 79.1 cm³/mol. The number of carbonyl (C=O) groups excluding carboxylic acids is 1. The number of rotatable bonds is 3. The average Bonchev–Trinajstić information content (AvgIpc) is 2.70. The first kappa shape index (κ1) is 14.0. The lowest BCUT2D eigenvalue weighted by atomic mass is 9.93. The molecule has 1 aliphatic rings. The summed E-state index contributed by atoms with van der Waals surface area (Å²) in [6.07, 6.45) is 3.27. The molecule has 0 unspecified atom stereocenters. The summed E-state index contributed by atoms with van der Waals surface area (Å²) in [7, 11) is 0. The molecular formula is C13H19BrN2OS. The van der Waals surface area contributed by atoms with Crippen molar-refractivity contribution in [2.24, 2.45) is 11.7 Å². The SMILES string of the molecule is Cc1cc(C(=O)N2CCC(CCN)CC2)sc1Br. The van der Waals surface area contributed by atoms with Crippen molar-refractivity contribution in [2.45, 2.75) is 26.2 Å². The molecule has 100 valence electrons. The van der Waals surface area contributed by atoms with Gasteiger partial charge in [0.15, 0.2) is 0 Å². The quantitative estimate of drug-likeness (QED) is 0.925. The van der Waals surface area contributed by atoms with Gasteiger partial charge in [0.2, 0.25) is 0 Å². The predicted octanol–water partition coefficient (Wildman–Crippen LogP) is 3.02. The summed E-state index contributed by atoms with van der Waals surface area (Å²) in [6, 6.07) is 1.98. The van der Waals surface area contributed by atoms with Gasteiger partial charge in [-0.2, -0.15) is 0 Å². The van der Waals surface area contributed by atoms with E-state index in [0.717, 1.165) is 53.1 Å². The van der Waals surface area contributed by atoms with Crippen molar-refractivity contribution in [2.75, 3.05) is 19.6 Å². The summed E-state index contributed by atoms with van der Waals surface area (Å²) in [5, 5.41) is 0. The first-order chi connectivity index (χ1) is 8.61. The van der Waals surface area contributed by atoms with E-state index in [1.54, 1.807) is 0 Å². The third-order valence-electron chi connectivity index (χ3n) is 3.54. The molecule has 1 aromatic rings. The van der Waals surface area contributed by atoms with E-state index in [0.29, 0.717) is 5.92 Å². The van der Waals surface area contributed by atoms with Gasteiger partial charge in [-0.25, -0.2) is 0 Å². The van der Waals surface area contributed by atoms with Gasteiger partial charge in [0, 0.05) is 13.1 Å². The van der Waals surface area contributed by atoms with Gasteiger partial charge in [0.1, 0.15) is 0 Å². The molecule has 3 nitrogen and oxygen atoms in total. The van der Waals surface area contributed by atoms with Crippen molar-refractivity contribution < 1.29 is 4.79 Å². The number of hydrogen-bond acceptors (Lipinski definition) is 3. The van der Waals surface area contributed by atoms with E-state index in [4.69, 9.17) is 5.73 Å². The Morgan fingerprint density at radius 1 is 1.56 bits per heavy atom. The van der Waals surface area contributed by atoms with Crippen molar-refractivity contribution in [1.29, 1.82) is 0 Å². The minimum atomic E-state index is 0.181. The fourth-order valence-electron chi connectivity index (χ4n) is 2.38. The zero-order valence-electron chi connectivity index (χ0n) is 10.6. The number of carbonyl (C=O) groups is 1. The maximum absolute atomic E-state index is 12.3. The molecule has 1 fully saturated rings. The highest BCUT2D eigenvalue weighted by Gasteiger charge is 2.24. The topological polar surface area (TPSA) is 46.3 Å². The summed E-state index contributed by atoms with van der Waals surface area (Å²) < 4.78 is 1.06. The Balaban J connectivity index is 1.95. The first-order valence-corrected chi connectivity index (χ1v) is 7.98. The summed E-state index contributed by atoms with van der Waals surface area (Å²) in [5.74, 6) is 0.885. The van der Waals surface area contributed by atoms with Crippen LogP contribution >= 0.6 is 27.3 Å². The van der Waals surface area contributed by atoms with Gasteiger partial charge in [-0.05, 0) is 66.2 Å². The molecule has 0 atom stereocenters. The molecule has 1 saturated heterocycles. The van der Waals surface area contributed by atoms with Gasteiger partial charge in [-0.1, -0.05) is 0 Å². The fraction of sp³-hybridized carbons (Fsp3) is 0.615. The zero-order chi connectivity index (χ0) is 13.1. The van der Waals surface area contributed by atoms with Crippen LogP contribution in [0.5, 0.6) is 0 Å². The maximum atomic E-state index is 12.3. The number of likely N-dealkylation sites (tertiary alicyclic amines) is 1. The normalized spacial score (nSPS) is 17.2. The van der Waals surface area contributed by atoms with Crippen LogP contribution in [0.15, 0.2) is 9.85 Å². The lowest BCUT2D eigenvalue weighted by Crippen LogP contribution is -2.38. The van der Waals surface area contributed by atoms with Crippen LogP contribution in [0.2, 0.25) is 0 Å². The van der Waals surface area contributed by atoms with Crippen molar-refractivity contribution in [1.82, 2.24) is 4.90 Å². The lowest BCUT2D eigenvalue weighted by Gasteiger charge is -2.31. The van der Waals surface area contributed by atoms with Gasteiger partial charge in [0.05, 0.1) is 8.66 Å². The third-order valence-corrected chi connectivity index (χ3v) is 5.67. The molecule has 1 aromatic heterocycles. The van der Waals surface area contributed by atoms with Crippen LogP contribution in [0.1, 0.15) is 34.5 Å². The monoisotopic (exact) mass is 330 g/mol. The van der Waals surface area contributed by atoms with Gasteiger partial charge in [0.25, 0.3) is 5.91 Å². The molecular weight excluding hydrogens is 312 g/mol. The second-order valence-electron chi connectivity index (χ2n) is 4.88. The van der Waals surface area contributed by atoms with E-state index >= 15 is 0 Å². The molecule has 0 saturated carbocycles. The highest BCUT2D eigenvalue weighted by molar-refractivity contribution is 9.11. The van der Waals surface area contributed by atoms with Crippen LogP contribution < -0.4 is 5.73 Å². The molecule has 1 aliphatic heterocycles. The molecule has 5 heteroatoms. The number of thiophene rings is 1. The summed E-state index contributed by atoms with van der Waals surface area (Å²) in [6.45, 7) is 4.52. The number of amides is 1. The Hall–Kier alpha value is -0.390. The number of nitrogens with two attached hydrogens (primary N) is 1. The van der Waals surface area contributed by atoms with Crippen LogP contribution in [0.25, 0.3) is 0 Å². The Morgan fingerprint density at radius 3 is 2.72 bits per heavy atom. The van der Waals surface area contributed by atoms with Gasteiger partial charge in [-0.15, -0.1) is 11.3 Å². The molecule has 0 spiro atoms. The molecule has 2 heterocycles. The molecule has 0 bridgehead atoms. The summed E-state index contributed by atoms with van der Waals surface area (Å²) in [5.41, 5.74) is 6.72. The van der Waals surface area contributed by atoms with E-state index in [1.165, 1.54) is 11.3 Å². The smallest absolute Gasteiger partial charge is 0.263 e. The van der Waals surface area contributed by atoms with E-state index in [2.05, 4.69) is 15.9 Å². The van der Waals surface area contributed by atoms with E-state index in [9.17, 15) is 4.79 Å². The number of aryl methyl sites for hydroxylation is 1. The third kappa shape index (κ3) is 3.13. The van der Waals surface area contributed by atoms with Crippen LogP contribution in [-0.2, 0) is 0 Å². The average molecular weight is 331 g/mol. The minimum Gasteiger partial charge on any atom is -0.338 e. The van der Waals surface area contributed by atoms with Crippen LogP contribution in [-0.4, -0.2) is 30.4 Å². The standard InChI is InChI=1S/C13H19BrN2OS/c1-9-8-11(18-12(9)14)13(17)16-6-3-10(2-5-15)4-7-16/h8,10H,2-7,15H2,1H3. The van der Waals surface area contributed by atoms with E-state index in [1.807, 2.05) is 17.9 Å². The summed E-state index contributed by atoms with van der Waals surface area (Å²) >= 11 is 5.00. The van der Waals surface area contributed by atoms with Crippen molar-refractivity contribution >= 4 is 33.2 Å². The van der Waals surface area contributed by atoms with Gasteiger partial charge < -0.3 is 10.6 Å². The molecule has 2 rings (SSSR count). The molecule has 2 N–H and O–H groups in total. The highest BCUT2D eigenvalue weighted by atomic mass is 79.9. The molecule has 18 heavy (non-hydrogen) atoms. The van der Waals surface area contributed by atoms with Gasteiger partial charge >= 0.3 is 0 Å². The summed E-state index contributed by atoms with van der Waals surface area (Å²) in [4.78, 5) is 15.1. The Kier molecular flexibility index (Phi) is 4.81. The van der Waals surface area contributed by atoms with Crippen LogP contribution in [0.4, 0.5) is 0 Å². The van der Waals surface area contributed by atoms with Crippen LogP contribution in [0.3, 0.4) is 0 Å². The van der Waals surface area contributed by atoms with Crippen LogP contribution in [0, 0.1) is 12.8 Å². The maximum Gasteiger partial charge on any atom is 0.263 e. The fourth-order valence-corrected chi connectivity index (χ4v) is 3.88. The minimum absolute atomic E-state index is 0.181. The second-order valence-corrected chi connectivity index (χ2v) is 7.25. The molecule has 0 aliphatic carbocycles. The Labute approximate surface area is 120 Å². The van der Waals surface area contributed by atoms with E-state index < -0.39 is 0 Å². The van der Waals surface area contributed by atoms with Gasteiger partial charge in [-0.3, -0.25) is 4.79 Å². The van der Waals surface area contributed by atoms with Crippen molar-refractivity contribution in [3.63, 3.8) is 0 Å². The van der Waals surface area contributed by atoms with Crippen molar-refractivity contribution in [3.8, 4) is 0 Å². The Bertz CT molecular complexity index is 405. The molecule has 1 amide bonds. The van der Waals surface area contributed by atoms with Crippen molar-refractivity contribution in [3.05, 3.63) is 20.3 Å². The molecule has 0 aromatic carbocycles. The number of nitrogens with zero attached hydrogens (tertiary/aromatic N) is 1. The zero-order valence-corrected chi connectivity index (χ0v) is 13.0.